The Balaban J connectivity index is 1.01. The van der Waals surface area contributed by atoms with E-state index < -0.39 is 0 Å². The molecule has 5 heterocycles. The van der Waals surface area contributed by atoms with Crippen LogP contribution in [0.25, 0.3) is 86.7 Å². The van der Waals surface area contributed by atoms with Crippen molar-refractivity contribution < 1.29 is 0 Å². The highest BCUT2D eigenvalue weighted by atomic mass is 32.1. The second-order valence-electron chi connectivity index (χ2n) is 11.5. The van der Waals surface area contributed by atoms with Crippen LogP contribution >= 0.6 is 34.0 Å². The van der Waals surface area contributed by atoms with E-state index in [-0.39, 0.29) is 0 Å². The van der Waals surface area contributed by atoms with Gasteiger partial charge >= 0.3 is 0 Å². The number of nitrogens with zero attached hydrogens (tertiary/aromatic N) is 2. The van der Waals surface area contributed by atoms with Crippen LogP contribution in [0.2, 0.25) is 0 Å². The zero-order chi connectivity index (χ0) is 30.1. The highest BCUT2D eigenvalue weighted by molar-refractivity contribution is 7.38. The van der Waals surface area contributed by atoms with E-state index in [9.17, 15) is 0 Å². The maximum absolute atomic E-state index is 2.41. The van der Waals surface area contributed by atoms with E-state index in [2.05, 4.69) is 144 Å². The molecule has 0 atom stereocenters. The molecule has 2 nitrogen and oxygen atoms in total. The second-order valence-corrected chi connectivity index (χ2v) is 14.8. The van der Waals surface area contributed by atoms with Gasteiger partial charge in [0.25, 0.3) is 0 Å². The molecule has 4 aromatic carbocycles. The Morgan fingerprint density at radius 2 is 0.911 bits per heavy atom. The van der Waals surface area contributed by atoms with Gasteiger partial charge in [-0.1, -0.05) is 60.7 Å². The Bertz CT molecular complexity index is 2450. The molecule has 0 amide bonds. The summed E-state index contributed by atoms with van der Waals surface area (Å²) < 4.78 is 10.4. The maximum Gasteiger partial charge on any atom is 0.0635 e. The highest BCUT2D eigenvalue weighted by Crippen LogP contribution is 2.44. The van der Waals surface area contributed by atoms with Crippen LogP contribution in [0.1, 0.15) is 34.7 Å². The zero-order valence-corrected chi connectivity index (χ0v) is 27.5. The number of aryl methyl sites for hydroxylation is 2. The zero-order valence-electron chi connectivity index (χ0n) is 25.1. The van der Waals surface area contributed by atoms with Crippen molar-refractivity contribution in [3.8, 4) is 0 Å². The van der Waals surface area contributed by atoms with Gasteiger partial charge in [0.2, 0.25) is 0 Å². The number of rotatable bonds is 6. The van der Waals surface area contributed by atoms with Gasteiger partial charge in [0.05, 0.1) is 9.40 Å². The van der Waals surface area contributed by atoms with Gasteiger partial charge in [0.1, 0.15) is 0 Å². The third-order valence-electron chi connectivity index (χ3n) is 8.97. The van der Waals surface area contributed by atoms with Crippen molar-refractivity contribution in [1.29, 1.82) is 0 Å². The topological polar surface area (TPSA) is 9.86 Å². The average Bonchev–Trinajstić information content (AvgIpc) is 3.86. The van der Waals surface area contributed by atoms with Crippen LogP contribution in [0.4, 0.5) is 0 Å². The first kappa shape index (κ1) is 26.9. The monoisotopic (exact) mass is 634 g/mol. The molecule has 5 aromatic heterocycles. The maximum atomic E-state index is 2.41. The number of hydrogen-bond acceptors (Lipinski definition) is 3. The van der Waals surface area contributed by atoms with Gasteiger partial charge in [-0.3, -0.25) is 0 Å². The molecule has 218 valence electrons. The van der Waals surface area contributed by atoms with Crippen molar-refractivity contribution in [2.45, 2.75) is 26.9 Å². The lowest BCUT2D eigenvalue weighted by Gasteiger charge is -2.02. The van der Waals surface area contributed by atoms with E-state index in [1.54, 1.807) is 0 Å². The van der Waals surface area contributed by atoms with Crippen LogP contribution in [0.3, 0.4) is 0 Å². The Hall–Kier alpha value is -4.42. The summed E-state index contributed by atoms with van der Waals surface area (Å²) in [6.45, 7) is 6.39. The van der Waals surface area contributed by atoms with Crippen LogP contribution < -0.4 is 0 Å². The molecule has 0 aliphatic heterocycles. The van der Waals surface area contributed by atoms with Crippen molar-refractivity contribution in [2.75, 3.05) is 0 Å². The van der Waals surface area contributed by atoms with E-state index in [0.717, 1.165) is 13.1 Å². The van der Waals surface area contributed by atoms with Gasteiger partial charge in [0.15, 0.2) is 0 Å². The first-order valence-electron chi connectivity index (χ1n) is 15.5. The van der Waals surface area contributed by atoms with Gasteiger partial charge in [0, 0.05) is 75.9 Å². The van der Waals surface area contributed by atoms with Gasteiger partial charge in [-0.05, 0) is 85.7 Å². The van der Waals surface area contributed by atoms with Gasteiger partial charge in [-0.2, -0.15) is 0 Å². The summed E-state index contributed by atoms with van der Waals surface area (Å²) >= 11 is 5.72. The molecule has 0 fully saturated rings. The molecule has 0 saturated heterocycles. The standard InChI is InChI=1S/C40H30N2S3/c1-3-41-33-11-7-5-9-29(33)31-21-25(15-19-35(31)41)13-17-27-23-37-39(43-27)40-38(45-37)24-28(44-40)18-14-26-16-20-36-32(22-26)30-10-6-8-12-34(30)42(36)4-2/h5-24H,3-4H2,1-2H3. The van der Waals surface area contributed by atoms with E-state index in [1.165, 1.54) is 83.3 Å². The lowest BCUT2D eigenvalue weighted by molar-refractivity contribution is 0.827. The fourth-order valence-electron chi connectivity index (χ4n) is 6.92. The van der Waals surface area contributed by atoms with Gasteiger partial charge < -0.3 is 9.13 Å². The van der Waals surface area contributed by atoms with Crippen LogP contribution in [-0.4, -0.2) is 9.13 Å². The van der Waals surface area contributed by atoms with Crippen LogP contribution in [-0.2, 0) is 13.1 Å². The summed E-state index contributed by atoms with van der Waals surface area (Å²) in [5.74, 6) is 0. The normalized spacial score (nSPS) is 12.7. The molecule has 0 aliphatic carbocycles. The number of aromatic nitrogens is 2. The molecule has 0 radical (unpaired) electrons. The molecule has 0 aliphatic rings. The third kappa shape index (κ3) is 4.33. The summed E-state index contributed by atoms with van der Waals surface area (Å²) in [5.41, 5.74) is 7.72. The minimum absolute atomic E-state index is 0.973. The summed E-state index contributed by atoms with van der Waals surface area (Å²) in [6, 6.07) is 35.9. The van der Waals surface area contributed by atoms with Crippen LogP contribution in [0.15, 0.2) is 97.1 Å². The van der Waals surface area contributed by atoms with E-state index in [1.807, 2.05) is 34.0 Å². The number of benzene rings is 4. The Labute approximate surface area is 273 Å². The summed E-state index contributed by atoms with van der Waals surface area (Å²) in [7, 11) is 0. The fraction of sp³-hybridized carbons (Fsp3) is 0.100. The average molecular weight is 635 g/mol. The first-order chi connectivity index (χ1) is 22.2. The smallest absolute Gasteiger partial charge is 0.0635 e. The summed E-state index contributed by atoms with van der Waals surface area (Å²) in [6.07, 6.45) is 9.09. The van der Waals surface area contributed by atoms with Crippen molar-refractivity contribution >= 4 is 121 Å². The lowest BCUT2D eigenvalue weighted by atomic mass is 10.1. The SMILES string of the molecule is CCn1c2ccccc2c2cc(C=Cc3cc4sc5cc(C=Cc6ccc7c(c6)c6ccccc6n7CC)sc5c4s3)ccc21. The molecular formula is C40H30N2S3. The number of para-hydroxylation sites is 2. The molecule has 45 heavy (non-hydrogen) atoms. The minimum Gasteiger partial charge on any atom is -0.341 e. The predicted molar refractivity (Wildman–Crippen MR) is 203 cm³/mol. The van der Waals surface area contributed by atoms with E-state index in [4.69, 9.17) is 0 Å². The van der Waals surface area contributed by atoms with Crippen molar-refractivity contribution in [2.24, 2.45) is 0 Å². The largest absolute Gasteiger partial charge is 0.341 e. The number of thiophene rings is 3. The van der Waals surface area contributed by atoms with Crippen molar-refractivity contribution in [1.82, 2.24) is 9.13 Å². The van der Waals surface area contributed by atoms with E-state index in [0.29, 0.717) is 0 Å². The van der Waals surface area contributed by atoms with Crippen molar-refractivity contribution in [3.05, 3.63) is 118 Å². The molecular weight excluding hydrogens is 605 g/mol. The van der Waals surface area contributed by atoms with E-state index >= 15 is 0 Å². The molecule has 5 heteroatoms. The number of fused-ring (bicyclic) bond motifs is 9. The third-order valence-corrected chi connectivity index (χ3v) is 12.7. The van der Waals surface area contributed by atoms with Gasteiger partial charge in [-0.25, -0.2) is 0 Å². The molecule has 9 rings (SSSR count). The number of hydrogen-bond donors (Lipinski definition) is 0. The summed E-state index contributed by atoms with van der Waals surface area (Å²) in [5, 5.41) is 5.32. The van der Waals surface area contributed by atoms with Gasteiger partial charge in [-0.15, -0.1) is 34.0 Å². The molecule has 0 spiro atoms. The minimum atomic E-state index is 0.973. The molecule has 0 unspecified atom stereocenters. The molecule has 0 bridgehead atoms. The Kier molecular flexibility index (Phi) is 6.34. The highest BCUT2D eigenvalue weighted by Gasteiger charge is 2.13. The van der Waals surface area contributed by atoms with Crippen LogP contribution in [0, 0.1) is 0 Å². The summed E-state index contributed by atoms with van der Waals surface area (Å²) in [4.78, 5) is 2.61. The first-order valence-corrected chi connectivity index (χ1v) is 18.0. The molecule has 9 aromatic rings. The quantitative estimate of drug-likeness (QED) is 0.172. The Morgan fingerprint density at radius 3 is 1.38 bits per heavy atom. The molecule has 0 N–H and O–H groups in total. The van der Waals surface area contributed by atoms with Crippen molar-refractivity contribution in [3.63, 3.8) is 0 Å². The molecule has 0 saturated carbocycles. The predicted octanol–water partition coefficient (Wildman–Crippen LogP) is 12.8. The Morgan fingerprint density at radius 1 is 0.467 bits per heavy atom. The second kappa shape index (κ2) is 10.6. The van der Waals surface area contributed by atoms with Crippen LogP contribution in [0.5, 0.6) is 0 Å². The fourth-order valence-corrected chi connectivity index (χ4v) is 10.8. The lowest BCUT2D eigenvalue weighted by Crippen LogP contribution is -1.92.